The second-order valence-corrected chi connectivity index (χ2v) is 4.74. The van der Waals surface area contributed by atoms with Gasteiger partial charge in [0, 0.05) is 18.0 Å². The van der Waals surface area contributed by atoms with Crippen molar-refractivity contribution in [3.05, 3.63) is 78.3 Å². The van der Waals surface area contributed by atoms with Crippen molar-refractivity contribution in [2.45, 2.75) is 6.54 Å². The van der Waals surface area contributed by atoms with E-state index >= 15 is 0 Å². The van der Waals surface area contributed by atoms with Gasteiger partial charge in [0.25, 0.3) is 5.84 Å². The lowest BCUT2D eigenvalue weighted by Crippen LogP contribution is -2.71. The summed E-state index contributed by atoms with van der Waals surface area (Å²) in [6, 6.07) is 8.14. The molecule has 2 heterocycles. The highest BCUT2D eigenvalue weighted by molar-refractivity contribution is 6.06. The maximum Gasteiger partial charge on any atom is 0.364 e. The van der Waals surface area contributed by atoms with Crippen LogP contribution in [0.3, 0.4) is 0 Å². The number of aromatic nitrogens is 3. The smallest absolute Gasteiger partial charge is 0.364 e. The first-order valence-corrected chi connectivity index (χ1v) is 7.08. The van der Waals surface area contributed by atoms with Crippen molar-refractivity contribution in [3.63, 3.8) is 0 Å². The number of nitrogens with two attached hydrogens (primary N) is 1. The molecule has 0 radical (unpaired) electrons. The Hall–Kier alpha value is -3.42. The van der Waals surface area contributed by atoms with Crippen molar-refractivity contribution in [1.82, 2.24) is 15.0 Å². The van der Waals surface area contributed by atoms with E-state index < -0.39 is 0 Å². The second kappa shape index (κ2) is 7.23. The first-order chi connectivity index (χ1) is 11.7. The Balaban J connectivity index is 1.95. The second-order valence-electron chi connectivity index (χ2n) is 4.74. The van der Waals surface area contributed by atoms with E-state index in [9.17, 15) is 4.39 Å². The largest absolute Gasteiger partial charge is 0.451 e. The molecule has 0 unspecified atom stereocenters. The van der Waals surface area contributed by atoms with Crippen LogP contribution >= 0.6 is 0 Å². The molecule has 0 saturated heterocycles. The van der Waals surface area contributed by atoms with Crippen LogP contribution in [0.5, 0.6) is 0 Å². The third-order valence-electron chi connectivity index (χ3n) is 3.11. The molecular formula is C16H14FN6O+. The quantitative estimate of drug-likeness (QED) is 0.520. The lowest BCUT2D eigenvalue weighted by molar-refractivity contribution is -0.476. The van der Waals surface area contributed by atoms with Crippen LogP contribution in [0.2, 0.25) is 0 Å². The van der Waals surface area contributed by atoms with E-state index in [2.05, 4.69) is 24.9 Å². The third-order valence-corrected chi connectivity index (χ3v) is 3.11. The Morgan fingerprint density at radius 1 is 1.17 bits per heavy atom. The molecule has 7 nitrogen and oxygen atoms in total. The average molecular weight is 325 g/mol. The summed E-state index contributed by atoms with van der Waals surface area (Å²) in [6.45, 7) is 0.204. The van der Waals surface area contributed by atoms with Gasteiger partial charge in [0.15, 0.2) is 12.1 Å². The SMILES string of the molecule is NC(=NC(=[NH+]Cc1ccccc1F)c1ncccn1)c1cocn1. The van der Waals surface area contributed by atoms with E-state index in [1.54, 1.807) is 36.7 Å². The van der Waals surface area contributed by atoms with Crippen LogP contribution in [0, 0.1) is 5.82 Å². The number of hydrogen-bond donors (Lipinski definition) is 2. The Morgan fingerprint density at radius 2 is 1.96 bits per heavy atom. The molecular weight excluding hydrogens is 311 g/mol. The fourth-order valence-electron chi connectivity index (χ4n) is 1.93. The number of nitrogens with one attached hydrogen (secondary N) is 1. The van der Waals surface area contributed by atoms with Crippen LogP contribution in [-0.2, 0) is 6.54 Å². The zero-order chi connectivity index (χ0) is 16.8. The number of amidine groups is 2. The van der Waals surface area contributed by atoms with Crippen molar-refractivity contribution in [3.8, 4) is 0 Å². The molecule has 3 N–H and O–H groups in total. The zero-order valence-corrected chi connectivity index (χ0v) is 12.6. The summed E-state index contributed by atoms with van der Waals surface area (Å²) in [5.41, 5.74) is 6.79. The Morgan fingerprint density at radius 3 is 2.67 bits per heavy atom. The number of aliphatic imine (C=N–C) groups is 1. The molecule has 0 aliphatic rings. The van der Waals surface area contributed by atoms with Crippen molar-refractivity contribution >= 4 is 11.7 Å². The lowest BCUT2D eigenvalue weighted by Gasteiger charge is -1.98. The van der Waals surface area contributed by atoms with Gasteiger partial charge >= 0.3 is 5.84 Å². The fraction of sp³-hybridized carbons (Fsp3) is 0.0625. The molecule has 0 aliphatic heterocycles. The van der Waals surface area contributed by atoms with Gasteiger partial charge in [-0.15, -0.1) is 0 Å². The summed E-state index contributed by atoms with van der Waals surface area (Å²) in [5, 5.41) is 0. The molecule has 0 bridgehead atoms. The molecule has 24 heavy (non-hydrogen) atoms. The van der Waals surface area contributed by atoms with Crippen LogP contribution in [0.15, 0.2) is 64.8 Å². The predicted molar refractivity (Wildman–Crippen MR) is 84.4 cm³/mol. The predicted octanol–water partition coefficient (Wildman–Crippen LogP) is 0.0366. The highest BCUT2D eigenvalue weighted by Crippen LogP contribution is 2.03. The van der Waals surface area contributed by atoms with Crippen molar-refractivity contribution < 1.29 is 13.8 Å². The van der Waals surface area contributed by atoms with Gasteiger partial charge in [-0.1, -0.05) is 18.2 Å². The van der Waals surface area contributed by atoms with Gasteiger partial charge in [-0.05, 0) is 17.1 Å². The summed E-state index contributed by atoms with van der Waals surface area (Å²) >= 11 is 0. The molecule has 0 fully saturated rings. The van der Waals surface area contributed by atoms with Crippen LogP contribution < -0.4 is 10.7 Å². The van der Waals surface area contributed by atoms with Gasteiger partial charge in [0.05, 0.1) is 0 Å². The molecule has 3 rings (SSSR count). The minimum atomic E-state index is -0.313. The van der Waals surface area contributed by atoms with Crippen LogP contribution in [0.1, 0.15) is 17.1 Å². The van der Waals surface area contributed by atoms with Gasteiger partial charge in [0.1, 0.15) is 18.6 Å². The molecule has 8 heteroatoms. The van der Waals surface area contributed by atoms with Crippen LogP contribution in [0.25, 0.3) is 0 Å². The van der Waals surface area contributed by atoms with Crippen LogP contribution in [0.4, 0.5) is 4.39 Å². The van der Waals surface area contributed by atoms with Crippen molar-refractivity contribution in [2.24, 2.45) is 10.7 Å². The number of rotatable bonds is 4. The molecule has 0 amide bonds. The number of halogens is 1. The Bertz CT molecular complexity index is 861. The molecule has 2 aromatic heterocycles. The molecule has 0 spiro atoms. The molecule has 120 valence electrons. The monoisotopic (exact) mass is 325 g/mol. The molecule has 3 aromatic rings. The fourth-order valence-corrected chi connectivity index (χ4v) is 1.93. The molecule has 0 saturated carbocycles. The van der Waals surface area contributed by atoms with Crippen LogP contribution in [-0.4, -0.2) is 26.6 Å². The van der Waals surface area contributed by atoms with Crippen molar-refractivity contribution in [2.75, 3.05) is 0 Å². The van der Waals surface area contributed by atoms with Gasteiger partial charge < -0.3 is 10.2 Å². The van der Waals surface area contributed by atoms with Gasteiger partial charge in [-0.3, -0.25) is 4.99 Å². The number of oxazole rings is 1. The van der Waals surface area contributed by atoms with E-state index in [1.165, 1.54) is 18.7 Å². The molecule has 0 aliphatic carbocycles. The zero-order valence-electron chi connectivity index (χ0n) is 12.6. The normalized spacial score (nSPS) is 12.4. The van der Waals surface area contributed by atoms with Gasteiger partial charge in [-0.25, -0.2) is 19.3 Å². The maximum atomic E-state index is 13.8. The van der Waals surface area contributed by atoms with Gasteiger partial charge in [-0.2, -0.15) is 0 Å². The van der Waals surface area contributed by atoms with E-state index in [1.807, 2.05) is 0 Å². The minimum absolute atomic E-state index is 0.132. The third kappa shape index (κ3) is 3.67. The standard InChI is InChI=1S/C16H13FN6O/c17-12-5-2-1-4-11(12)8-21-16(15-19-6-3-7-20-15)23-14(18)13-9-24-10-22-13/h1-7,9-10H,8H2,(H2,18,21,23)/p+1. The van der Waals surface area contributed by atoms with Gasteiger partial charge in [0.2, 0.25) is 5.82 Å². The molecule has 0 atom stereocenters. The Labute approximate surface area is 136 Å². The molecule has 1 aromatic carbocycles. The summed E-state index contributed by atoms with van der Waals surface area (Å²) in [6.07, 6.45) is 5.78. The van der Waals surface area contributed by atoms with E-state index in [0.29, 0.717) is 22.9 Å². The number of benzene rings is 1. The first kappa shape index (κ1) is 15.5. The topological polar surface area (TPSA) is 104 Å². The summed E-state index contributed by atoms with van der Waals surface area (Å²) in [7, 11) is 0. The van der Waals surface area contributed by atoms with Crippen molar-refractivity contribution in [1.29, 1.82) is 0 Å². The minimum Gasteiger partial charge on any atom is -0.451 e. The first-order valence-electron chi connectivity index (χ1n) is 7.08. The number of hydrogen-bond acceptors (Lipinski definition) is 4. The lowest BCUT2D eigenvalue weighted by atomic mass is 10.2. The summed E-state index contributed by atoms with van der Waals surface area (Å²) < 4.78 is 18.7. The Kier molecular flexibility index (Phi) is 4.66. The highest BCUT2D eigenvalue weighted by Gasteiger charge is 2.18. The highest BCUT2D eigenvalue weighted by atomic mass is 19.1. The summed E-state index contributed by atoms with van der Waals surface area (Å²) in [5.74, 6) is 0.457. The van der Waals surface area contributed by atoms with E-state index in [0.717, 1.165) is 0 Å². The van der Waals surface area contributed by atoms with E-state index in [4.69, 9.17) is 10.2 Å². The average Bonchev–Trinajstić information content (AvgIpc) is 3.15. The van der Waals surface area contributed by atoms with E-state index in [-0.39, 0.29) is 18.2 Å². The maximum absolute atomic E-state index is 13.8. The number of nitrogens with zero attached hydrogens (tertiary/aromatic N) is 4. The summed E-state index contributed by atoms with van der Waals surface area (Å²) in [4.78, 5) is 19.5.